The van der Waals surface area contributed by atoms with Crippen molar-refractivity contribution in [3.8, 4) is 0 Å². The third kappa shape index (κ3) is 4.69. The molecule has 3 rings (SSSR count). The lowest BCUT2D eigenvalue weighted by atomic mass is 9.97. The predicted molar refractivity (Wildman–Crippen MR) is 97.0 cm³/mol. The molecule has 0 aromatic carbocycles. The van der Waals surface area contributed by atoms with Crippen molar-refractivity contribution in [2.45, 2.75) is 32.6 Å². The Balaban J connectivity index is 1.43. The Morgan fingerprint density at radius 2 is 2.12 bits per heavy atom. The molecule has 132 valence electrons. The molecule has 24 heavy (non-hydrogen) atoms. The molecule has 2 atom stereocenters. The summed E-state index contributed by atoms with van der Waals surface area (Å²) in [4.78, 5) is 21.6. The highest BCUT2D eigenvalue weighted by Crippen LogP contribution is 2.21. The normalized spacial score (nSPS) is 25.5. The molecule has 1 aromatic rings. The van der Waals surface area contributed by atoms with E-state index in [1.54, 1.807) is 0 Å². The van der Waals surface area contributed by atoms with Crippen LogP contribution in [0.5, 0.6) is 0 Å². The molecule has 5 heteroatoms. The lowest BCUT2D eigenvalue weighted by molar-refractivity contribution is -0.125. The van der Waals surface area contributed by atoms with E-state index in [2.05, 4.69) is 27.0 Å². The first-order valence-corrected chi connectivity index (χ1v) is 9.38. The highest BCUT2D eigenvalue weighted by molar-refractivity contribution is 5.79. The number of hydrogen-bond donors (Lipinski definition) is 1. The third-order valence-electron chi connectivity index (χ3n) is 5.23. The number of pyridine rings is 1. The maximum Gasteiger partial charge on any atom is 0.224 e. The van der Waals surface area contributed by atoms with Crippen molar-refractivity contribution in [1.29, 1.82) is 0 Å². The highest BCUT2D eigenvalue weighted by Gasteiger charge is 2.26. The summed E-state index contributed by atoms with van der Waals surface area (Å²) in [6.07, 6.45) is 6.48. The lowest BCUT2D eigenvalue weighted by Crippen LogP contribution is -2.45. The molecule has 0 saturated carbocycles. The minimum absolute atomic E-state index is 0.0843. The molecule has 0 aliphatic carbocycles. The number of anilines is 1. The number of piperidine rings is 2. The van der Waals surface area contributed by atoms with E-state index in [9.17, 15) is 4.79 Å². The average molecular weight is 330 g/mol. The van der Waals surface area contributed by atoms with E-state index in [4.69, 9.17) is 0 Å². The van der Waals surface area contributed by atoms with Crippen molar-refractivity contribution < 1.29 is 4.79 Å². The van der Waals surface area contributed by atoms with Gasteiger partial charge in [0.1, 0.15) is 5.82 Å². The van der Waals surface area contributed by atoms with Gasteiger partial charge in [-0.3, -0.25) is 4.79 Å². The summed E-state index contributed by atoms with van der Waals surface area (Å²) in [6, 6.07) is 5.96. The molecule has 0 radical (unpaired) electrons. The van der Waals surface area contributed by atoms with E-state index in [0.717, 1.165) is 50.8 Å². The van der Waals surface area contributed by atoms with Crippen molar-refractivity contribution in [3.63, 3.8) is 0 Å². The highest BCUT2D eigenvalue weighted by atomic mass is 16.1. The largest absolute Gasteiger partial charge is 0.356 e. The van der Waals surface area contributed by atoms with E-state index in [0.29, 0.717) is 0 Å². The van der Waals surface area contributed by atoms with E-state index in [1.165, 1.54) is 25.9 Å². The van der Waals surface area contributed by atoms with Crippen molar-refractivity contribution in [2.75, 3.05) is 44.2 Å². The fraction of sp³-hybridized carbons (Fsp3) is 0.684. The maximum atomic E-state index is 12.5. The number of rotatable bonds is 5. The topological polar surface area (TPSA) is 48.5 Å². The number of nitrogens with zero attached hydrogens (tertiary/aromatic N) is 3. The monoisotopic (exact) mass is 330 g/mol. The Labute approximate surface area is 145 Å². The van der Waals surface area contributed by atoms with Gasteiger partial charge in [-0.05, 0) is 50.3 Å². The minimum atomic E-state index is 0.0843. The number of carbonyl (C=O) groups excluding carboxylic acids is 1. The Bertz CT molecular complexity index is 521. The van der Waals surface area contributed by atoms with E-state index in [1.807, 2.05) is 24.4 Å². The molecule has 0 bridgehead atoms. The second-order valence-corrected chi connectivity index (χ2v) is 7.31. The Kier molecular flexibility index (Phi) is 6.07. The molecular weight excluding hydrogens is 300 g/mol. The SMILES string of the molecule is C[C@@H]1CCCN(CCNC(=O)[C@H]2CCCN(c3ccccn3)C2)C1. The molecule has 1 amide bonds. The molecule has 1 N–H and O–H groups in total. The summed E-state index contributed by atoms with van der Waals surface area (Å²) in [7, 11) is 0. The molecule has 3 heterocycles. The van der Waals surface area contributed by atoms with Crippen LogP contribution in [0.2, 0.25) is 0 Å². The first-order valence-electron chi connectivity index (χ1n) is 9.38. The zero-order valence-electron chi connectivity index (χ0n) is 14.8. The standard InChI is InChI=1S/C19H30N4O/c1-16-6-4-11-22(14-16)13-10-21-19(24)17-7-5-12-23(15-17)18-8-2-3-9-20-18/h2-3,8-9,16-17H,4-7,10-15H2,1H3,(H,21,24)/t16-,17+/m1/s1. The predicted octanol–water partition coefficient (Wildman–Crippen LogP) is 2.15. The van der Waals surface area contributed by atoms with Crippen LogP contribution in [0.15, 0.2) is 24.4 Å². The number of hydrogen-bond acceptors (Lipinski definition) is 4. The van der Waals surface area contributed by atoms with Crippen LogP contribution in [-0.4, -0.2) is 55.1 Å². The molecule has 2 aliphatic heterocycles. The number of aromatic nitrogens is 1. The number of likely N-dealkylation sites (tertiary alicyclic amines) is 1. The second kappa shape index (κ2) is 8.47. The summed E-state index contributed by atoms with van der Waals surface area (Å²) < 4.78 is 0. The van der Waals surface area contributed by atoms with Gasteiger partial charge in [-0.1, -0.05) is 13.0 Å². The van der Waals surface area contributed by atoms with Crippen molar-refractivity contribution in [3.05, 3.63) is 24.4 Å². The molecular formula is C19H30N4O. The van der Waals surface area contributed by atoms with Crippen LogP contribution >= 0.6 is 0 Å². The van der Waals surface area contributed by atoms with Gasteiger partial charge in [0, 0.05) is 38.9 Å². The van der Waals surface area contributed by atoms with Crippen LogP contribution in [0.25, 0.3) is 0 Å². The van der Waals surface area contributed by atoms with Gasteiger partial charge in [-0.25, -0.2) is 4.98 Å². The van der Waals surface area contributed by atoms with E-state index in [-0.39, 0.29) is 11.8 Å². The van der Waals surface area contributed by atoms with E-state index < -0.39 is 0 Å². The molecule has 2 saturated heterocycles. The van der Waals surface area contributed by atoms with Crippen LogP contribution < -0.4 is 10.2 Å². The molecule has 2 aliphatic rings. The molecule has 1 aromatic heterocycles. The van der Waals surface area contributed by atoms with Gasteiger partial charge in [0.15, 0.2) is 0 Å². The first-order chi connectivity index (χ1) is 11.7. The molecule has 5 nitrogen and oxygen atoms in total. The zero-order valence-corrected chi connectivity index (χ0v) is 14.8. The summed E-state index contributed by atoms with van der Waals surface area (Å²) >= 11 is 0. The Morgan fingerprint density at radius 3 is 2.92 bits per heavy atom. The Morgan fingerprint density at radius 1 is 1.25 bits per heavy atom. The van der Waals surface area contributed by atoms with Crippen LogP contribution in [-0.2, 0) is 4.79 Å². The van der Waals surface area contributed by atoms with Gasteiger partial charge >= 0.3 is 0 Å². The van der Waals surface area contributed by atoms with Crippen LogP contribution in [0.3, 0.4) is 0 Å². The third-order valence-corrected chi connectivity index (χ3v) is 5.23. The quantitative estimate of drug-likeness (QED) is 0.899. The molecule has 0 unspecified atom stereocenters. The number of amides is 1. The fourth-order valence-corrected chi connectivity index (χ4v) is 3.91. The average Bonchev–Trinajstić information content (AvgIpc) is 2.62. The Hall–Kier alpha value is -1.62. The van der Waals surface area contributed by atoms with Gasteiger partial charge in [-0.2, -0.15) is 0 Å². The molecule has 0 spiro atoms. The summed E-state index contributed by atoms with van der Waals surface area (Å²) in [5, 5.41) is 3.16. The summed E-state index contributed by atoms with van der Waals surface area (Å²) in [5.74, 6) is 2.07. The summed E-state index contributed by atoms with van der Waals surface area (Å²) in [6.45, 7) is 8.19. The first kappa shape index (κ1) is 17.2. The maximum absolute atomic E-state index is 12.5. The van der Waals surface area contributed by atoms with Crippen LogP contribution in [0, 0.1) is 11.8 Å². The van der Waals surface area contributed by atoms with E-state index >= 15 is 0 Å². The molecule has 2 fully saturated rings. The van der Waals surface area contributed by atoms with Crippen LogP contribution in [0.4, 0.5) is 5.82 Å². The zero-order chi connectivity index (χ0) is 16.8. The van der Waals surface area contributed by atoms with Crippen molar-refractivity contribution in [2.24, 2.45) is 11.8 Å². The van der Waals surface area contributed by atoms with Gasteiger partial charge in [-0.15, -0.1) is 0 Å². The number of nitrogens with one attached hydrogen (secondary N) is 1. The van der Waals surface area contributed by atoms with Gasteiger partial charge in [0.25, 0.3) is 0 Å². The van der Waals surface area contributed by atoms with Crippen LogP contribution in [0.1, 0.15) is 32.6 Å². The lowest BCUT2D eigenvalue weighted by Gasteiger charge is -2.33. The second-order valence-electron chi connectivity index (χ2n) is 7.31. The number of carbonyl (C=O) groups is 1. The van der Waals surface area contributed by atoms with Crippen molar-refractivity contribution in [1.82, 2.24) is 15.2 Å². The van der Waals surface area contributed by atoms with Gasteiger partial charge in [0.05, 0.1) is 5.92 Å². The van der Waals surface area contributed by atoms with Gasteiger partial charge in [0.2, 0.25) is 5.91 Å². The minimum Gasteiger partial charge on any atom is -0.356 e. The van der Waals surface area contributed by atoms with Gasteiger partial charge < -0.3 is 15.1 Å². The fourth-order valence-electron chi connectivity index (χ4n) is 3.91. The van der Waals surface area contributed by atoms with Crippen molar-refractivity contribution >= 4 is 11.7 Å². The smallest absolute Gasteiger partial charge is 0.224 e. The summed E-state index contributed by atoms with van der Waals surface area (Å²) in [5.41, 5.74) is 0.